The largest absolute Gasteiger partial charge is 0.497 e. The second kappa shape index (κ2) is 7.23. The summed E-state index contributed by atoms with van der Waals surface area (Å²) >= 11 is 4.35. The van der Waals surface area contributed by atoms with Crippen molar-refractivity contribution in [1.29, 1.82) is 0 Å². The van der Waals surface area contributed by atoms with Crippen LogP contribution in [0.25, 0.3) is 6.08 Å². The van der Waals surface area contributed by atoms with E-state index < -0.39 is 0 Å². The minimum absolute atomic E-state index is 0.255. The van der Waals surface area contributed by atoms with E-state index in [0.29, 0.717) is 10.7 Å². The van der Waals surface area contributed by atoms with Gasteiger partial charge in [0.1, 0.15) is 5.75 Å². The van der Waals surface area contributed by atoms with Crippen LogP contribution in [-0.4, -0.2) is 23.2 Å². The first-order valence-corrected chi connectivity index (χ1v) is 8.81. The molecule has 1 aliphatic rings. The highest BCUT2D eigenvalue weighted by Gasteiger charge is 2.34. The number of nitrogens with zero attached hydrogens (tertiary/aromatic N) is 1. The van der Waals surface area contributed by atoms with Crippen LogP contribution in [-0.2, 0) is 11.3 Å². The highest BCUT2D eigenvalue weighted by Crippen LogP contribution is 2.33. The van der Waals surface area contributed by atoms with Gasteiger partial charge in [0, 0.05) is 4.47 Å². The zero-order valence-corrected chi connectivity index (χ0v) is 15.3. The maximum Gasteiger partial charge on any atom is 0.293 e. The van der Waals surface area contributed by atoms with Gasteiger partial charge in [0.15, 0.2) is 0 Å². The van der Waals surface area contributed by atoms with E-state index in [1.165, 1.54) is 4.90 Å². The lowest BCUT2D eigenvalue weighted by Gasteiger charge is -2.12. The number of imide groups is 1. The molecule has 0 aliphatic carbocycles. The van der Waals surface area contributed by atoms with Crippen molar-refractivity contribution in [3.8, 4) is 5.75 Å². The third kappa shape index (κ3) is 3.71. The van der Waals surface area contributed by atoms with Gasteiger partial charge in [-0.1, -0.05) is 40.2 Å². The molecule has 0 aromatic heterocycles. The van der Waals surface area contributed by atoms with E-state index in [-0.39, 0.29) is 17.7 Å². The zero-order chi connectivity index (χ0) is 17.1. The number of carbonyl (C=O) groups excluding carboxylic acids is 2. The van der Waals surface area contributed by atoms with Crippen LogP contribution in [0.4, 0.5) is 4.79 Å². The molecule has 0 saturated carbocycles. The Hall–Kier alpha value is -2.05. The Bertz CT molecular complexity index is 835. The van der Waals surface area contributed by atoms with Gasteiger partial charge in [-0.25, -0.2) is 0 Å². The Morgan fingerprint density at radius 3 is 2.71 bits per heavy atom. The summed E-state index contributed by atoms with van der Waals surface area (Å²) in [6, 6.07) is 14.9. The summed E-state index contributed by atoms with van der Waals surface area (Å²) < 4.78 is 6.09. The third-order valence-corrected chi connectivity index (χ3v) is 4.90. The van der Waals surface area contributed by atoms with E-state index in [0.717, 1.165) is 27.4 Å². The molecule has 1 aliphatic heterocycles. The van der Waals surface area contributed by atoms with Crippen LogP contribution < -0.4 is 4.74 Å². The maximum atomic E-state index is 12.5. The first-order valence-electron chi connectivity index (χ1n) is 7.20. The molecular weight excluding hydrogens is 390 g/mol. The lowest BCUT2D eigenvalue weighted by atomic mass is 10.2. The van der Waals surface area contributed by atoms with Gasteiger partial charge in [-0.15, -0.1) is 0 Å². The van der Waals surface area contributed by atoms with Crippen LogP contribution in [0.15, 0.2) is 57.9 Å². The average molecular weight is 404 g/mol. The van der Waals surface area contributed by atoms with Crippen molar-refractivity contribution in [1.82, 2.24) is 4.90 Å². The number of amides is 2. The molecule has 0 N–H and O–H groups in total. The fourth-order valence-electron chi connectivity index (χ4n) is 2.34. The molecule has 2 amide bonds. The molecule has 4 nitrogen and oxygen atoms in total. The van der Waals surface area contributed by atoms with Crippen molar-refractivity contribution in [2.45, 2.75) is 6.54 Å². The molecule has 2 aromatic carbocycles. The molecule has 1 heterocycles. The molecule has 3 rings (SSSR count). The Morgan fingerprint density at radius 1 is 1.17 bits per heavy atom. The first-order chi connectivity index (χ1) is 11.6. The summed E-state index contributed by atoms with van der Waals surface area (Å²) in [7, 11) is 1.59. The minimum atomic E-state index is -0.271. The Kier molecular flexibility index (Phi) is 5.06. The van der Waals surface area contributed by atoms with Gasteiger partial charge in [-0.05, 0) is 53.2 Å². The molecular formula is C18H14BrNO3S. The number of rotatable bonds is 4. The predicted molar refractivity (Wildman–Crippen MR) is 98.7 cm³/mol. The SMILES string of the molecule is COc1cccc(/C=C2/SC(=O)N(Cc3cccc(Br)c3)C2=O)c1. The number of hydrogen-bond donors (Lipinski definition) is 0. The second-order valence-electron chi connectivity index (χ2n) is 5.17. The first kappa shape index (κ1) is 16.8. The van der Waals surface area contributed by atoms with Crippen LogP contribution in [0.1, 0.15) is 11.1 Å². The van der Waals surface area contributed by atoms with Gasteiger partial charge in [-0.3, -0.25) is 14.5 Å². The fourth-order valence-corrected chi connectivity index (χ4v) is 3.62. The van der Waals surface area contributed by atoms with E-state index in [1.807, 2.05) is 48.5 Å². The van der Waals surface area contributed by atoms with Crippen molar-refractivity contribution in [2.75, 3.05) is 7.11 Å². The second-order valence-corrected chi connectivity index (χ2v) is 7.08. The van der Waals surface area contributed by atoms with Crippen LogP contribution >= 0.6 is 27.7 Å². The molecule has 0 atom stereocenters. The molecule has 0 spiro atoms. The Labute approximate surface area is 152 Å². The van der Waals surface area contributed by atoms with E-state index >= 15 is 0 Å². The molecule has 0 bridgehead atoms. The van der Waals surface area contributed by atoms with Gasteiger partial charge in [-0.2, -0.15) is 0 Å². The van der Waals surface area contributed by atoms with Crippen molar-refractivity contribution < 1.29 is 14.3 Å². The van der Waals surface area contributed by atoms with Crippen molar-refractivity contribution >= 4 is 44.9 Å². The van der Waals surface area contributed by atoms with Gasteiger partial charge in [0.05, 0.1) is 18.6 Å². The fraction of sp³-hybridized carbons (Fsp3) is 0.111. The van der Waals surface area contributed by atoms with Crippen LogP contribution in [0.2, 0.25) is 0 Å². The van der Waals surface area contributed by atoms with Crippen LogP contribution in [0, 0.1) is 0 Å². The van der Waals surface area contributed by atoms with Crippen LogP contribution in [0.3, 0.4) is 0 Å². The highest BCUT2D eigenvalue weighted by atomic mass is 79.9. The summed E-state index contributed by atoms with van der Waals surface area (Å²) in [5, 5.41) is -0.255. The molecule has 2 aromatic rings. The number of ether oxygens (including phenoxy) is 1. The van der Waals surface area contributed by atoms with E-state index in [1.54, 1.807) is 13.2 Å². The molecule has 1 saturated heterocycles. The van der Waals surface area contributed by atoms with Gasteiger partial charge in [0.2, 0.25) is 0 Å². The number of carbonyl (C=O) groups is 2. The smallest absolute Gasteiger partial charge is 0.293 e. The number of halogens is 1. The molecule has 0 unspecified atom stereocenters. The lowest BCUT2D eigenvalue weighted by molar-refractivity contribution is -0.123. The topological polar surface area (TPSA) is 46.6 Å². The highest BCUT2D eigenvalue weighted by molar-refractivity contribution is 9.10. The van der Waals surface area contributed by atoms with Crippen molar-refractivity contribution in [3.63, 3.8) is 0 Å². The van der Waals surface area contributed by atoms with Gasteiger partial charge < -0.3 is 4.74 Å². The quantitative estimate of drug-likeness (QED) is 0.694. The molecule has 24 heavy (non-hydrogen) atoms. The van der Waals surface area contributed by atoms with Crippen LogP contribution in [0.5, 0.6) is 5.75 Å². The molecule has 6 heteroatoms. The number of benzene rings is 2. The third-order valence-electron chi connectivity index (χ3n) is 3.49. The predicted octanol–water partition coefficient (Wildman–Crippen LogP) is 4.69. The number of hydrogen-bond acceptors (Lipinski definition) is 4. The normalized spacial score (nSPS) is 16.1. The summed E-state index contributed by atoms with van der Waals surface area (Å²) in [4.78, 5) is 26.4. The molecule has 1 fully saturated rings. The van der Waals surface area contributed by atoms with E-state index in [9.17, 15) is 9.59 Å². The van der Waals surface area contributed by atoms with E-state index in [4.69, 9.17) is 4.74 Å². The Balaban J connectivity index is 1.82. The summed E-state index contributed by atoms with van der Waals surface area (Å²) in [6.45, 7) is 0.263. The minimum Gasteiger partial charge on any atom is -0.497 e. The zero-order valence-electron chi connectivity index (χ0n) is 12.9. The maximum absolute atomic E-state index is 12.5. The Morgan fingerprint density at radius 2 is 1.96 bits per heavy atom. The lowest BCUT2D eigenvalue weighted by Crippen LogP contribution is -2.27. The van der Waals surface area contributed by atoms with Crippen molar-refractivity contribution in [3.05, 3.63) is 69.0 Å². The monoisotopic (exact) mass is 403 g/mol. The number of methoxy groups -OCH3 is 1. The summed E-state index contributed by atoms with van der Waals surface area (Å²) in [5.74, 6) is 0.435. The molecule has 122 valence electrons. The molecule has 0 radical (unpaired) electrons. The van der Waals surface area contributed by atoms with Gasteiger partial charge in [0.25, 0.3) is 11.1 Å². The van der Waals surface area contributed by atoms with Gasteiger partial charge >= 0.3 is 0 Å². The standard InChI is InChI=1S/C18H14BrNO3S/c1-23-15-7-3-4-12(9-15)10-16-17(21)20(18(22)24-16)11-13-5-2-6-14(19)8-13/h2-10H,11H2,1H3/b16-10+. The summed E-state index contributed by atoms with van der Waals surface area (Å²) in [6.07, 6.45) is 1.72. The average Bonchev–Trinajstić information content (AvgIpc) is 2.83. The van der Waals surface area contributed by atoms with E-state index in [2.05, 4.69) is 15.9 Å². The summed E-state index contributed by atoms with van der Waals surface area (Å²) in [5.41, 5.74) is 1.72. The van der Waals surface area contributed by atoms with Crippen molar-refractivity contribution in [2.24, 2.45) is 0 Å². The number of thioether (sulfide) groups is 1.